The van der Waals surface area contributed by atoms with E-state index < -0.39 is 0 Å². The van der Waals surface area contributed by atoms with Crippen molar-refractivity contribution in [3.63, 3.8) is 0 Å². The first-order chi connectivity index (χ1) is 8.88. The number of nitrogens with one attached hydrogen (secondary N) is 1. The van der Waals surface area contributed by atoms with Gasteiger partial charge in [-0.2, -0.15) is 0 Å². The van der Waals surface area contributed by atoms with Crippen LogP contribution in [0.5, 0.6) is 0 Å². The lowest BCUT2D eigenvalue weighted by molar-refractivity contribution is 0.795. The number of rotatable bonds is 7. The van der Waals surface area contributed by atoms with E-state index >= 15 is 0 Å². The second kappa shape index (κ2) is 7.00. The molecule has 0 atom stereocenters. The predicted octanol–water partition coefficient (Wildman–Crippen LogP) is 3.94. The SMILES string of the molecule is CCCCc1ccc([CH]CCc2c[nH]cn2)cc1. The van der Waals surface area contributed by atoms with E-state index in [-0.39, 0.29) is 0 Å². The van der Waals surface area contributed by atoms with Crippen LogP contribution in [-0.2, 0) is 12.8 Å². The Labute approximate surface area is 109 Å². The molecule has 0 amide bonds. The lowest BCUT2D eigenvalue weighted by Gasteiger charge is -2.03. The molecule has 18 heavy (non-hydrogen) atoms. The van der Waals surface area contributed by atoms with Gasteiger partial charge in [-0.15, -0.1) is 0 Å². The van der Waals surface area contributed by atoms with Crippen LogP contribution in [0.2, 0.25) is 0 Å². The molecule has 1 aromatic carbocycles. The standard InChI is InChI=1S/C16H21N2/c1-2-3-5-14-8-10-15(11-9-14)6-4-7-16-12-17-13-18-16/h6,8-13H,2-5,7H2,1H3,(H,17,18). The second-order valence-corrected chi connectivity index (χ2v) is 4.65. The predicted molar refractivity (Wildman–Crippen MR) is 75.4 cm³/mol. The van der Waals surface area contributed by atoms with Crippen LogP contribution in [0.3, 0.4) is 0 Å². The summed E-state index contributed by atoms with van der Waals surface area (Å²) in [6.45, 7) is 2.23. The molecule has 0 aliphatic rings. The van der Waals surface area contributed by atoms with Crippen molar-refractivity contribution in [2.45, 2.75) is 39.0 Å². The summed E-state index contributed by atoms with van der Waals surface area (Å²) in [6.07, 6.45) is 11.8. The van der Waals surface area contributed by atoms with Crippen molar-refractivity contribution >= 4 is 0 Å². The third-order valence-electron chi connectivity index (χ3n) is 3.13. The molecule has 1 heterocycles. The number of hydrogen-bond donors (Lipinski definition) is 1. The molecule has 0 unspecified atom stereocenters. The molecule has 0 aliphatic heterocycles. The number of aromatic amines is 1. The van der Waals surface area contributed by atoms with Crippen LogP contribution in [0, 0.1) is 6.42 Å². The first-order valence-corrected chi connectivity index (χ1v) is 6.78. The third-order valence-corrected chi connectivity index (χ3v) is 3.13. The van der Waals surface area contributed by atoms with Crippen molar-refractivity contribution in [2.24, 2.45) is 0 Å². The van der Waals surface area contributed by atoms with Crippen LogP contribution >= 0.6 is 0 Å². The second-order valence-electron chi connectivity index (χ2n) is 4.65. The summed E-state index contributed by atoms with van der Waals surface area (Å²) in [7, 11) is 0. The maximum Gasteiger partial charge on any atom is 0.0923 e. The van der Waals surface area contributed by atoms with Crippen molar-refractivity contribution in [3.05, 3.63) is 60.0 Å². The van der Waals surface area contributed by atoms with Crippen LogP contribution in [0.4, 0.5) is 0 Å². The topological polar surface area (TPSA) is 28.7 Å². The summed E-state index contributed by atoms with van der Waals surface area (Å²) in [4.78, 5) is 7.20. The zero-order chi connectivity index (χ0) is 12.6. The largest absolute Gasteiger partial charge is 0.351 e. The highest BCUT2D eigenvalue weighted by Crippen LogP contribution is 2.12. The average molecular weight is 241 g/mol. The minimum atomic E-state index is 1.00. The van der Waals surface area contributed by atoms with Gasteiger partial charge in [0.25, 0.3) is 0 Å². The zero-order valence-electron chi connectivity index (χ0n) is 11.0. The van der Waals surface area contributed by atoms with Gasteiger partial charge >= 0.3 is 0 Å². The molecule has 2 rings (SSSR count). The Morgan fingerprint density at radius 1 is 1.17 bits per heavy atom. The fourth-order valence-electron chi connectivity index (χ4n) is 2.02. The van der Waals surface area contributed by atoms with Gasteiger partial charge in [0.2, 0.25) is 0 Å². The maximum atomic E-state index is 4.22. The van der Waals surface area contributed by atoms with E-state index in [2.05, 4.69) is 47.6 Å². The quantitative estimate of drug-likeness (QED) is 0.781. The molecule has 0 fully saturated rings. The summed E-state index contributed by atoms with van der Waals surface area (Å²) in [6, 6.07) is 8.93. The van der Waals surface area contributed by atoms with Gasteiger partial charge in [0.05, 0.1) is 12.0 Å². The summed E-state index contributed by atoms with van der Waals surface area (Å²) >= 11 is 0. The number of nitrogens with zero attached hydrogens (tertiary/aromatic N) is 1. The Bertz CT molecular complexity index is 429. The van der Waals surface area contributed by atoms with E-state index in [9.17, 15) is 0 Å². The summed E-state index contributed by atoms with van der Waals surface area (Å²) in [5.74, 6) is 0. The van der Waals surface area contributed by atoms with Crippen molar-refractivity contribution in [1.29, 1.82) is 0 Å². The van der Waals surface area contributed by atoms with Gasteiger partial charge in [0.1, 0.15) is 0 Å². The highest BCUT2D eigenvalue weighted by atomic mass is 14.9. The highest BCUT2D eigenvalue weighted by molar-refractivity contribution is 5.27. The fraction of sp³-hybridized carbons (Fsp3) is 0.375. The van der Waals surface area contributed by atoms with Gasteiger partial charge in [0, 0.05) is 6.20 Å². The molecule has 1 N–H and O–H groups in total. The van der Waals surface area contributed by atoms with E-state index in [1.54, 1.807) is 6.33 Å². The van der Waals surface area contributed by atoms with Gasteiger partial charge in [-0.3, -0.25) is 0 Å². The zero-order valence-corrected chi connectivity index (χ0v) is 11.0. The molecular formula is C16H21N2. The molecule has 0 bridgehead atoms. The van der Waals surface area contributed by atoms with Gasteiger partial charge in [-0.25, -0.2) is 4.98 Å². The molecule has 2 heteroatoms. The Hall–Kier alpha value is -1.57. The van der Waals surface area contributed by atoms with Crippen LogP contribution < -0.4 is 0 Å². The Morgan fingerprint density at radius 3 is 2.67 bits per heavy atom. The van der Waals surface area contributed by atoms with Crippen LogP contribution in [-0.4, -0.2) is 9.97 Å². The monoisotopic (exact) mass is 241 g/mol. The Morgan fingerprint density at radius 2 is 2.00 bits per heavy atom. The highest BCUT2D eigenvalue weighted by Gasteiger charge is 1.98. The first-order valence-electron chi connectivity index (χ1n) is 6.78. The minimum Gasteiger partial charge on any atom is -0.351 e. The van der Waals surface area contributed by atoms with Crippen molar-refractivity contribution < 1.29 is 0 Å². The third kappa shape index (κ3) is 4.02. The lowest BCUT2D eigenvalue weighted by atomic mass is 10.0. The lowest BCUT2D eigenvalue weighted by Crippen LogP contribution is -1.89. The van der Waals surface area contributed by atoms with Crippen molar-refractivity contribution in [2.75, 3.05) is 0 Å². The van der Waals surface area contributed by atoms with E-state index in [4.69, 9.17) is 0 Å². The first kappa shape index (κ1) is 12.9. The number of hydrogen-bond acceptors (Lipinski definition) is 1. The molecule has 95 valence electrons. The summed E-state index contributed by atoms with van der Waals surface area (Å²) in [5.41, 5.74) is 3.89. The van der Waals surface area contributed by atoms with Crippen LogP contribution in [0.25, 0.3) is 0 Å². The number of benzene rings is 1. The Balaban J connectivity index is 1.75. The van der Waals surface area contributed by atoms with Gasteiger partial charge in [-0.05, 0) is 43.2 Å². The smallest absolute Gasteiger partial charge is 0.0923 e. The van der Waals surface area contributed by atoms with Gasteiger partial charge in [0.15, 0.2) is 0 Å². The van der Waals surface area contributed by atoms with Gasteiger partial charge < -0.3 is 4.98 Å². The molecule has 0 aliphatic carbocycles. The number of aromatic nitrogens is 2. The Kier molecular flexibility index (Phi) is 5.00. The fourth-order valence-corrected chi connectivity index (χ4v) is 2.02. The molecule has 2 nitrogen and oxygen atoms in total. The van der Waals surface area contributed by atoms with Crippen LogP contribution in [0.15, 0.2) is 36.8 Å². The average Bonchev–Trinajstić information content (AvgIpc) is 2.91. The minimum absolute atomic E-state index is 1.00. The normalized spacial score (nSPS) is 10.7. The van der Waals surface area contributed by atoms with Crippen molar-refractivity contribution in [1.82, 2.24) is 9.97 Å². The maximum absolute atomic E-state index is 4.22. The molecule has 0 saturated heterocycles. The molecule has 1 radical (unpaired) electrons. The van der Waals surface area contributed by atoms with E-state index in [1.807, 2.05) is 6.20 Å². The molecule has 2 aromatic rings. The molecule has 1 aromatic heterocycles. The summed E-state index contributed by atoms with van der Waals surface area (Å²) in [5, 5.41) is 0. The molecule has 0 saturated carbocycles. The molecule has 0 spiro atoms. The van der Waals surface area contributed by atoms with Crippen molar-refractivity contribution in [3.8, 4) is 0 Å². The van der Waals surface area contributed by atoms with E-state index in [0.717, 1.165) is 18.5 Å². The summed E-state index contributed by atoms with van der Waals surface area (Å²) < 4.78 is 0. The van der Waals surface area contributed by atoms with Gasteiger partial charge in [-0.1, -0.05) is 37.6 Å². The van der Waals surface area contributed by atoms with Crippen LogP contribution in [0.1, 0.15) is 43.0 Å². The number of unbranched alkanes of at least 4 members (excludes halogenated alkanes) is 1. The van der Waals surface area contributed by atoms with E-state index in [0.29, 0.717) is 0 Å². The number of H-pyrrole nitrogens is 1. The molecular weight excluding hydrogens is 220 g/mol. The number of imidazole rings is 1. The number of aryl methyl sites for hydroxylation is 2. The van der Waals surface area contributed by atoms with E-state index in [1.165, 1.54) is 30.4 Å².